The molecule has 3 heteroatoms. The summed E-state index contributed by atoms with van der Waals surface area (Å²) in [6.07, 6.45) is 2.52. The average molecular weight is 202 g/mol. The van der Waals surface area contributed by atoms with Gasteiger partial charge in [0.25, 0.3) is 0 Å². The highest BCUT2D eigenvalue weighted by Gasteiger charge is 2.01. The Balaban J connectivity index is 3.06. The largest absolute Gasteiger partial charge is 0.383 e. The number of nitrogens with one attached hydrogen (secondary N) is 1. The number of ether oxygens (including phenoxy) is 1. The van der Waals surface area contributed by atoms with Gasteiger partial charge in [-0.2, -0.15) is 0 Å². The third kappa shape index (κ3) is 8.48. The maximum atomic E-state index is 4.95. The van der Waals surface area contributed by atoms with E-state index in [1.807, 2.05) is 0 Å². The lowest BCUT2D eigenvalue weighted by Gasteiger charge is -2.20. The maximum absolute atomic E-state index is 4.95. The lowest BCUT2D eigenvalue weighted by Crippen LogP contribution is -2.28. The van der Waals surface area contributed by atoms with Crippen LogP contribution in [0.1, 0.15) is 26.7 Å². The monoisotopic (exact) mass is 202 g/mol. The van der Waals surface area contributed by atoms with Gasteiger partial charge in [0.1, 0.15) is 0 Å². The van der Waals surface area contributed by atoms with Crippen LogP contribution in [0.25, 0.3) is 0 Å². The van der Waals surface area contributed by atoms with Crippen molar-refractivity contribution in [2.45, 2.75) is 32.7 Å². The van der Waals surface area contributed by atoms with Gasteiger partial charge in [0.2, 0.25) is 0 Å². The molecule has 0 fully saturated rings. The molecule has 1 N–H and O–H groups in total. The average Bonchev–Trinajstić information content (AvgIpc) is 2.16. The number of methoxy groups -OCH3 is 1. The highest BCUT2D eigenvalue weighted by Crippen LogP contribution is 1.96. The van der Waals surface area contributed by atoms with Crippen LogP contribution in [0.15, 0.2) is 0 Å². The molecule has 0 heterocycles. The lowest BCUT2D eigenvalue weighted by molar-refractivity contribution is 0.199. The van der Waals surface area contributed by atoms with Crippen molar-refractivity contribution in [3.63, 3.8) is 0 Å². The smallest absolute Gasteiger partial charge is 0.0587 e. The molecule has 0 atom stereocenters. The summed E-state index contributed by atoms with van der Waals surface area (Å²) in [5.41, 5.74) is 0. The summed E-state index contributed by atoms with van der Waals surface area (Å²) in [7, 11) is 3.92. The molecule has 0 saturated carbocycles. The Hall–Kier alpha value is -0.120. The fourth-order valence-electron chi connectivity index (χ4n) is 1.17. The quantitative estimate of drug-likeness (QED) is 0.571. The molecule has 86 valence electrons. The van der Waals surface area contributed by atoms with Crippen molar-refractivity contribution in [1.82, 2.24) is 10.2 Å². The minimum atomic E-state index is 0.663. The molecule has 0 aliphatic carbocycles. The van der Waals surface area contributed by atoms with E-state index in [1.165, 1.54) is 19.4 Å². The van der Waals surface area contributed by atoms with Crippen molar-refractivity contribution < 1.29 is 4.74 Å². The molecule has 0 saturated heterocycles. The van der Waals surface area contributed by atoms with Crippen molar-refractivity contribution in [2.24, 2.45) is 0 Å². The van der Waals surface area contributed by atoms with Crippen LogP contribution >= 0.6 is 0 Å². The maximum Gasteiger partial charge on any atom is 0.0587 e. The van der Waals surface area contributed by atoms with Crippen LogP contribution in [0.3, 0.4) is 0 Å². The molecule has 0 aliphatic heterocycles. The van der Waals surface area contributed by atoms with E-state index in [1.54, 1.807) is 7.11 Å². The fourth-order valence-corrected chi connectivity index (χ4v) is 1.17. The van der Waals surface area contributed by atoms with E-state index in [9.17, 15) is 0 Å². The van der Waals surface area contributed by atoms with E-state index in [0.29, 0.717) is 6.04 Å². The number of unbranched alkanes of at least 4 members (excludes halogenated alkanes) is 1. The zero-order chi connectivity index (χ0) is 10.8. The standard InChI is InChI=1S/C11H26N2O/c1-11(2)13(3)9-6-5-7-12-8-10-14-4/h11-12H,5-10H2,1-4H3. The van der Waals surface area contributed by atoms with Crippen molar-refractivity contribution in [1.29, 1.82) is 0 Å². The van der Waals surface area contributed by atoms with Crippen molar-refractivity contribution in [2.75, 3.05) is 40.4 Å². The second-order valence-electron chi connectivity index (χ2n) is 4.02. The van der Waals surface area contributed by atoms with Gasteiger partial charge in [0, 0.05) is 19.7 Å². The molecule has 0 unspecified atom stereocenters. The minimum Gasteiger partial charge on any atom is -0.383 e. The molecule has 0 aromatic rings. The van der Waals surface area contributed by atoms with Gasteiger partial charge in [-0.3, -0.25) is 0 Å². The lowest BCUT2D eigenvalue weighted by atomic mass is 10.2. The Morgan fingerprint density at radius 1 is 1.21 bits per heavy atom. The molecular formula is C11H26N2O. The normalized spacial score (nSPS) is 11.6. The predicted molar refractivity (Wildman–Crippen MR) is 61.7 cm³/mol. The molecule has 0 spiro atoms. The summed E-state index contributed by atoms with van der Waals surface area (Å²) < 4.78 is 4.95. The van der Waals surface area contributed by atoms with E-state index in [4.69, 9.17) is 4.74 Å². The summed E-state index contributed by atoms with van der Waals surface area (Å²) in [6.45, 7) is 8.55. The first-order valence-corrected chi connectivity index (χ1v) is 5.58. The van der Waals surface area contributed by atoms with Crippen LogP contribution in [-0.2, 0) is 4.74 Å². The van der Waals surface area contributed by atoms with Crippen molar-refractivity contribution in [3.8, 4) is 0 Å². The van der Waals surface area contributed by atoms with Gasteiger partial charge in [0.05, 0.1) is 6.61 Å². The molecule has 0 aliphatic rings. The van der Waals surface area contributed by atoms with E-state index in [0.717, 1.165) is 19.7 Å². The number of hydrogen-bond donors (Lipinski definition) is 1. The third-order valence-corrected chi connectivity index (χ3v) is 2.48. The summed E-state index contributed by atoms with van der Waals surface area (Å²) in [6, 6.07) is 0.663. The summed E-state index contributed by atoms with van der Waals surface area (Å²) in [5, 5.41) is 3.35. The second-order valence-corrected chi connectivity index (χ2v) is 4.02. The second kappa shape index (κ2) is 9.44. The highest BCUT2D eigenvalue weighted by atomic mass is 16.5. The van der Waals surface area contributed by atoms with Crippen LogP contribution in [-0.4, -0.2) is 51.3 Å². The Morgan fingerprint density at radius 2 is 1.93 bits per heavy atom. The van der Waals surface area contributed by atoms with Crippen LogP contribution in [0.5, 0.6) is 0 Å². The van der Waals surface area contributed by atoms with Gasteiger partial charge < -0.3 is 15.0 Å². The SMILES string of the molecule is COCCNCCCCN(C)C(C)C. The van der Waals surface area contributed by atoms with Gasteiger partial charge in [-0.1, -0.05) is 0 Å². The third-order valence-electron chi connectivity index (χ3n) is 2.48. The van der Waals surface area contributed by atoms with Gasteiger partial charge in [0.15, 0.2) is 0 Å². The van der Waals surface area contributed by atoms with Gasteiger partial charge in [-0.05, 0) is 46.8 Å². The Kier molecular flexibility index (Phi) is 9.35. The number of rotatable bonds is 9. The topological polar surface area (TPSA) is 24.5 Å². The zero-order valence-corrected chi connectivity index (χ0v) is 10.2. The molecule has 0 rings (SSSR count). The van der Waals surface area contributed by atoms with E-state index < -0.39 is 0 Å². The first-order chi connectivity index (χ1) is 6.68. The summed E-state index contributed by atoms with van der Waals surface area (Å²) in [5.74, 6) is 0. The van der Waals surface area contributed by atoms with E-state index >= 15 is 0 Å². The molecule has 0 aromatic heterocycles. The van der Waals surface area contributed by atoms with Gasteiger partial charge in [-0.15, -0.1) is 0 Å². The summed E-state index contributed by atoms with van der Waals surface area (Å²) >= 11 is 0. The minimum absolute atomic E-state index is 0.663. The van der Waals surface area contributed by atoms with Gasteiger partial charge >= 0.3 is 0 Å². The number of nitrogens with zero attached hydrogens (tertiary/aromatic N) is 1. The molecule has 0 amide bonds. The van der Waals surface area contributed by atoms with E-state index in [-0.39, 0.29) is 0 Å². The van der Waals surface area contributed by atoms with Crippen LogP contribution in [0.2, 0.25) is 0 Å². The zero-order valence-electron chi connectivity index (χ0n) is 10.2. The molecule has 0 radical (unpaired) electrons. The molecule has 0 bridgehead atoms. The van der Waals surface area contributed by atoms with Crippen LogP contribution < -0.4 is 5.32 Å². The molecule has 0 aromatic carbocycles. The first-order valence-electron chi connectivity index (χ1n) is 5.58. The van der Waals surface area contributed by atoms with Crippen LogP contribution in [0.4, 0.5) is 0 Å². The molecule has 14 heavy (non-hydrogen) atoms. The predicted octanol–water partition coefficient (Wildman–Crippen LogP) is 1.34. The highest BCUT2D eigenvalue weighted by molar-refractivity contribution is 4.57. The fraction of sp³-hybridized carbons (Fsp3) is 1.00. The van der Waals surface area contributed by atoms with E-state index in [2.05, 4.69) is 31.1 Å². The molecule has 3 nitrogen and oxygen atoms in total. The van der Waals surface area contributed by atoms with Crippen LogP contribution in [0, 0.1) is 0 Å². The van der Waals surface area contributed by atoms with Gasteiger partial charge in [-0.25, -0.2) is 0 Å². The van der Waals surface area contributed by atoms with Crippen molar-refractivity contribution >= 4 is 0 Å². The number of hydrogen-bond acceptors (Lipinski definition) is 3. The first kappa shape index (κ1) is 13.9. The Morgan fingerprint density at radius 3 is 2.50 bits per heavy atom. The molecular weight excluding hydrogens is 176 g/mol. The summed E-state index contributed by atoms with van der Waals surface area (Å²) in [4.78, 5) is 2.38. The van der Waals surface area contributed by atoms with Crippen molar-refractivity contribution in [3.05, 3.63) is 0 Å². The Labute approximate surface area is 88.8 Å². The Bertz CT molecular complexity index is 118.